The predicted molar refractivity (Wildman–Crippen MR) is 72.4 cm³/mol. The highest BCUT2D eigenvalue weighted by Gasteiger charge is 2.31. The van der Waals surface area contributed by atoms with Crippen LogP contribution in [0.25, 0.3) is 0 Å². The van der Waals surface area contributed by atoms with Crippen LogP contribution in [0, 0.1) is 5.92 Å². The third-order valence-electron chi connectivity index (χ3n) is 3.97. The van der Waals surface area contributed by atoms with E-state index in [1.165, 1.54) is 6.42 Å². The molecule has 2 aliphatic rings. The molecule has 0 unspecified atom stereocenters. The van der Waals surface area contributed by atoms with Gasteiger partial charge in [0, 0.05) is 24.8 Å². The Hall–Kier alpha value is -0.900. The van der Waals surface area contributed by atoms with E-state index in [1.807, 2.05) is 23.9 Å². The van der Waals surface area contributed by atoms with E-state index in [-0.39, 0.29) is 0 Å². The Bertz CT molecular complexity index is 400. The van der Waals surface area contributed by atoms with Gasteiger partial charge >= 0.3 is 0 Å². The molecule has 1 saturated heterocycles. The molecule has 3 nitrogen and oxygen atoms in total. The SMILES string of the molecule is O=C(C1CCC1)N1CCS[C@H](c2ccco2)CC1. The molecule has 0 N–H and O–H groups in total. The monoisotopic (exact) mass is 265 g/mol. The van der Waals surface area contributed by atoms with E-state index in [1.54, 1.807) is 6.26 Å². The van der Waals surface area contributed by atoms with E-state index in [2.05, 4.69) is 4.90 Å². The van der Waals surface area contributed by atoms with Crippen LogP contribution in [0.5, 0.6) is 0 Å². The van der Waals surface area contributed by atoms with Crippen molar-refractivity contribution in [3.8, 4) is 0 Å². The zero-order valence-electron chi connectivity index (χ0n) is 10.5. The molecule has 1 atom stereocenters. The Morgan fingerprint density at radius 1 is 1.33 bits per heavy atom. The van der Waals surface area contributed by atoms with Crippen LogP contribution in [0.1, 0.15) is 36.7 Å². The molecule has 2 heterocycles. The Balaban J connectivity index is 1.59. The zero-order valence-corrected chi connectivity index (χ0v) is 11.3. The Labute approximate surface area is 112 Å². The lowest BCUT2D eigenvalue weighted by Crippen LogP contribution is -2.40. The molecule has 18 heavy (non-hydrogen) atoms. The van der Waals surface area contributed by atoms with Crippen LogP contribution in [-0.4, -0.2) is 29.6 Å². The van der Waals surface area contributed by atoms with Crippen molar-refractivity contribution in [1.29, 1.82) is 0 Å². The van der Waals surface area contributed by atoms with E-state index in [0.717, 1.165) is 43.9 Å². The van der Waals surface area contributed by atoms with Crippen molar-refractivity contribution in [2.24, 2.45) is 5.92 Å². The standard InChI is InChI=1S/C14H19NO2S/c16-14(11-3-1-4-11)15-7-6-13(18-10-8-15)12-5-2-9-17-12/h2,5,9,11,13H,1,3-4,6-8,10H2/t13-/m0/s1. The maximum Gasteiger partial charge on any atom is 0.225 e. The van der Waals surface area contributed by atoms with E-state index in [0.29, 0.717) is 17.1 Å². The third kappa shape index (κ3) is 2.44. The Morgan fingerprint density at radius 3 is 2.89 bits per heavy atom. The van der Waals surface area contributed by atoms with Crippen LogP contribution < -0.4 is 0 Å². The summed E-state index contributed by atoms with van der Waals surface area (Å²) in [5.74, 6) is 2.79. The van der Waals surface area contributed by atoms with Crippen LogP contribution in [0.15, 0.2) is 22.8 Å². The average Bonchev–Trinajstić information content (AvgIpc) is 2.71. The molecule has 1 amide bonds. The van der Waals surface area contributed by atoms with Crippen LogP contribution in [0.2, 0.25) is 0 Å². The minimum Gasteiger partial charge on any atom is -0.468 e. The first-order valence-corrected chi connectivity index (χ1v) is 7.83. The van der Waals surface area contributed by atoms with Crippen molar-refractivity contribution in [1.82, 2.24) is 4.90 Å². The highest BCUT2D eigenvalue weighted by Crippen LogP contribution is 2.36. The van der Waals surface area contributed by atoms with Gasteiger partial charge in [-0.05, 0) is 31.4 Å². The normalized spacial score (nSPS) is 25.6. The van der Waals surface area contributed by atoms with Crippen molar-refractivity contribution in [2.75, 3.05) is 18.8 Å². The second-order valence-electron chi connectivity index (χ2n) is 5.12. The van der Waals surface area contributed by atoms with Gasteiger partial charge in [0.25, 0.3) is 0 Å². The molecule has 0 radical (unpaired) electrons. The van der Waals surface area contributed by atoms with Gasteiger partial charge in [-0.2, -0.15) is 0 Å². The number of furan rings is 1. The first kappa shape index (κ1) is 12.2. The highest BCUT2D eigenvalue weighted by molar-refractivity contribution is 7.99. The van der Waals surface area contributed by atoms with Crippen molar-refractivity contribution in [3.63, 3.8) is 0 Å². The van der Waals surface area contributed by atoms with Crippen LogP contribution in [0.3, 0.4) is 0 Å². The largest absolute Gasteiger partial charge is 0.468 e. The molecule has 1 saturated carbocycles. The van der Waals surface area contributed by atoms with Gasteiger partial charge in [0.05, 0.1) is 11.5 Å². The second kappa shape index (κ2) is 5.39. The maximum absolute atomic E-state index is 12.2. The van der Waals surface area contributed by atoms with Crippen molar-refractivity contribution >= 4 is 17.7 Å². The van der Waals surface area contributed by atoms with Gasteiger partial charge in [-0.1, -0.05) is 6.42 Å². The summed E-state index contributed by atoms with van der Waals surface area (Å²) in [6.45, 7) is 1.78. The summed E-state index contributed by atoms with van der Waals surface area (Å²) in [7, 11) is 0. The van der Waals surface area contributed by atoms with Crippen LogP contribution in [0.4, 0.5) is 0 Å². The number of carbonyl (C=O) groups is 1. The quantitative estimate of drug-likeness (QED) is 0.824. The summed E-state index contributed by atoms with van der Waals surface area (Å²) in [4.78, 5) is 14.3. The summed E-state index contributed by atoms with van der Waals surface area (Å²) in [5, 5.41) is 0.416. The molecule has 1 aromatic rings. The number of hydrogen-bond acceptors (Lipinski definition) is 3. The van der Waals surface area contributed by atoms with E-state index >= 15 is 0 Å². The van der Waals surface area contributed by atoms with Gasteiger partial charge in [0.1, 0.15) is 5.76 Å². The molecule has 1 aliphatic carbocycles. The fraction of sp³-hybridized carbons (Fsp3) is 0.643. The third-order valence-corrected chi connectivity index (χ3v) is 5.26. The molecule has 0 bridgehead atoms. The van der Waals surface area contributed by atoms with Gasteiger partial charge in [-0.3, -0.25) is 4.79 Å². The van der Waals surface area contributed by atoms with Gasteiger partial charge in [-0.25, -0.2) is 0 Å². The van der Waals surface area contributed by atoms with E-state index < -0.39 is 0 Å². The Morgan fingerprint density at radius 2 is 2.22 bits per heavy atom. The Kier molecular flexibility index (Phi) is 3.64. The van der Waals surface area contributed by atoms with E-state index in [9.17, 15) is 4.79 Å². The molecule has 3 rings (SSSR count). The molecule has 4 heteroatoms. The number of rotatable bonds is 2. The van der Waals surface area contributed by atoms with Crippen molar-refractivity contribution in [3.05, 3.63) is 24.2 Å². The minimum atomic E-state index is 0.329. The van der Waals surface area contributed by atoms with Gasteiger partial charge in [0.15, 0.2) is 0 Å². The number of amides is 1. The first-order chi connectivity index (χ1) is 8.84. The summed E-state index contributed by atoms with van der Waals surface area (Å²) in [5.41, 5.74) is 0. The summed E-state index contributed by atoms with van der Waals surface area (Å²) >= 11 is 1.91. The first-order valence-electron chi connectivity index (χ1n) is 6.78. The lowest BCUT2D eigenvalue weighted by Gasteiger charge is -2.30. The second-order valence-corrected chi connectivity index (χ2v) is 6.43. The number of thioether (sulfide) groups is 1. The van der Waals surface area contributed by atoms with Gasteiger partial charge < -0.3 is 9.32 Å². The maximum atomic E-state index is 12.2. The lowest BCUT2D eigenvalue weighted by atomic mass is 9.84. The number of carbonyl (C=O) groups excluding carboxylic acids is 1. The summed E-state index contributed by atoms with van der Waals surface area (Å²) in [6, 6.07) is 3.99. The molecule has 1 aromatic heterocycles. The topological polar surface area (TPSA) is 33.5 Å². The predicted octanol–water partition coefficient (Wildman–Crippen LogP) is 3.09. The van der Waals surface area contributed by atoms with Gasteiger partial charge in [0.2, 0.25) is 5.91 Å². The average molecular weight is 265 g/mol. The fourth-order valence-corrected chi connectivity index (χ4v) is 3.79. The molecule has 0 aromatic carbocycles. The van der Waals surface area contributed by atoms with Crippen molar-refractivity contribution < 1.29 is 9.21 Å². The van der Waals surface area contributed by atoms with Gasteiger partial charge in [-0.15, -0.1) is 11.8 Å². The molecule has 98 valence electrons. The summed E-state index contributed by atoms with van der Waals surface area (Å²) in [6.07, 6.45) is 6.18. The number of nitrogens with zero attached hydrogens (tertiary/aromatic N) is 1. The molecular weight excluding hydrogens is 246 g/mol. The minimum absolute atomic E-state index is 0.329. The fourth-order valence-electron chi connectivity index (χ4n) is 2.61. The smallest absolute Gasteiger partial charge is 0.225 e. The molecule has 1 aliphatic heterocycles. The zero-order chi connectivity index (χ0) is 12.4. The van der Waals surface area contributed by atoms with E-state index in [4.69, 9.17) is 4.42 Å². The van der Waals surface area contributed by atoms with Crippen LogP contribution in [-0.2, 0) is 4.79 Å². The van der Waals surface area contributed by atoms with Crippen LogP contribution >= 0.6 is 11.8 Å². The molecule has 0 spiro atoms. The summed E-state index contributed by atoms with van der Waals surface area (Å²) < 4.78 is 5.48. The molecular formula is C14H19NO2S. The molecule has 2 fully saturated rings. The van der Waals surface area contributed by atoms with Crippen molar-refractivity contribution in [2.45, 2.75) is 30.9 Å². The lowest BCUT2D eigenvalue weighted by molar-refractivity contribution is -0.137. The highest BCUT2D eigenvalue weighted by atomic mass is 32.2. The number of hydrogen-bond donors (Lipinski definition) is 0.